The van der Waals surface area contributed by atoms with Crippen LogP contribution in [-0.2, 0) is 13.2 Å². The van der Waals surface area contributed by atoms with E-state index in [0.717, 1.165) is 27.7 Å². The Balaban J connectivity index is 1.59. The van der Waals surface area contributed by atoms with Gasteiger partial charge >= 0.3 is 6.03 Å². The first kappa shape index (κ1) is 20.9. The zero-order valence-electron chi connectivity index (χ0n) is 17.3. The Morgan fingerprint density at radius 2 is 1.69 bits per heavy atom. The molecule has 29 heavy (non-hydrogen) atoms. The Bertz CT molecular complexity index is 934. The van der Waals surface area contributed by atoms with Crippen molar-refractivity contribution in [3.05, 3.63) is 75.7 Å². The molecule has 2 aromatic carbocycles. The minimum absolute atomic E-state index is 0.0504. The van der Waals surface area contributed by atoms with E-state index < -0.39 is 0 Å². The van der Waals surface area contributed by atoms with E-state index >= 15 is 0 Å². The first-order valence-corrected chi connectivity index (χ1v) is 10.6. The van der Waals surface area contributed by atoms with E-state index in [-0.39, 0.29) is 12.1 Å². The van der Waals surface area contributed by atoms with Gasteiger partial charge in [-0.1, -0.05) is 35.4 Å². The number of thiazole rings is 1. The van der Waals surface area contributed by atoms with Crippen LogP contribution in [0.4, 0.5) is 10.5 Å². The third-order valence-corrected chi connectivity index (χ3v) is 5.37. The quantitative estimate of drug-likeness (QED) is 0.538. The van der Waals surface area contributed by atoms with Crippen LogP contribution in [0.25, 0.3) is 0 Å². The summed E-state index contributed by atoms with van der Waals surface area (Å²) in [6, 6.07) is 15.7. The lowest BCUT2D eigenvalue weighted by Gasteiger charge is -2.26. The van der Waals surface area contributed by atoms with Crippen molar-refractivity contribution in [2.24, 2.45) is 0 Å². The van der Waals surface area contributed by atoms with Gasteiger partial charge in [0, 0.05) is 17.1 Å². The van der Waals surface area contributed by atoms with E-state index in [2.05, 4.69) is 10.3 Å². The summed E-state index contributed by atoms with van der Waals surface area (Å²) in [5.41, 5.74) is 4.01. The van der Waals surface area contributed by atoms with Crippen LogP contribution in [0.15, 0.2) is 53.9 Å². The number of nitrogens with one attached hydrogen (secondary N) is 1. The van der Waals surface area contributed by atoms with Gasteiger partial charge in [-0.3, -0.25) is 0 Å². The Hall–Kier alpha value is -2.86. The largest absolute Gasteiger partial charge is 0.486 e. The first-order chi connectivity index (χ1) is 13.9. The van der Waals surface area contributed by atoms with Crippen molar-refractivity contribution >= 4 is 23.1 Å². The molecule has 0 atom stereocenters. The molecule has 0 saturated carbocycles. The fraction of sp³-hybridized carbons (Fsp3) is 0.304. The molecule has 1 N–H and O–H groups in total. The monoisotopic (exact) mass is 409 g/mol. The molecule has 3 aromatic rings. The van der Waals surface area contributed by atoms with Gasteiger partial charge in [-0.25, -0.2) is 9.78 Å². The summed E-state index contributed by atoms with van der Waals surface area (Å²) in [7, 11) is 0. The summed E-state index contributed by atoms with van der Waals surface area (Å²) >= 11 is 1.55. The van der Waals surface area contributed by atoms with Gasteiger partial charge in [0.1, 0.15) is 17.4 Å². The number of ether oxygens (including phenoxy) is 1. The number of carbonyl (C=O) groups excluding carboxylic acids is 1. The highest BCUT2D eigenvalue weighted by atomic mass is 32.1. The number of anilines is 1. The molecule has 0 bridgehead atoms. The molecule has 0 saturated heterocycles. The number of urea groups is 1. The molecule has 0 radical (unpaired) electrons. The maximum Gasteiger partial charge on any atom is 0.322 e. The van der Waals surface area contributed by atoms with E-state index in [0.29, 0.717) is 13.2 Å². The summed E-state index contributed by atoms with van der Waals surface area (Å²) in [6.45, 7) is 8.95. The maximum absolute atomic E-state index is 12.8. The van der Waals surface area contributed by atoms with Crippen LogP contribution in [0.2, 0.25) is 0 Å². The highest BCUT2D eigenvalue weighted by Gasteiger charge is 2.19. The molecule has 0 unspecified atom stereocenters. The summed E-state index contributed by atoms with van der Waals surface area (Å²) in [6.07, 6.45) is 0. The Labute approximate surface area is 176 Å². The molecule has 0 spiro atoms. The molecular formula is C23H27N3O2S. The van der Waals surface area contributed by atoms with Crippen LogP contribution in [0.3, 0.4) is 0 Å². The topological polar surface area (TPSA) is 54.5 Å². The predicted molar refractivity (Wildman–Crippen MR) is 119 cm³/mol. The van der Waals surface area contributed by atoms with Crippen LogP contribution in [0.1, 0.15) is 35.7 Å². The maximum atomic E-state index is 12.8. The molecule has 152 valence electrons. The van der Waals surface area contributed by atoms with Crippen molar-refractivity contribution in [2.45, 2.75) is 46.9 Å². The van der Waals surface area contributed by atoms with Crippen LogP contribution in [0, 0.1) is 13.8 Å². The van der Waals surface area contributed by atoms with Gasteiger partial charge in [-0.2, -0.15) is 0 Å². The Morgan fingerprint density at radius 1 is 1.07 bits per heavy atom. The van der Waals surface area contributed by atoms with Gasteiger partial charge in [0.2, 0.25) is 0 Å². The van der Waals surface area contributed by atoms with Gasteiger partial charge in [0.25, 0.3) is 0 Å². The summed E-state index contributed by atoms with van der Waals surface area (Å²) in [5.74, 6) is 0.827. The second-order valence-corrected chi connectivity index (χ2v) is 8.29. The highest BCUT2D eigenvalue weighted by Crippen LogP contribution is 2.18. The zero-order chi connectivity index (χ0) is 20.8. The van der Waals surface area contributed by atoms with Gasteiger partial charge in [-0.05, 0) is 52.0 Å². The number of rotatable bonds is 7. The average Bonchev–Trinajstić information content (AvgIpc) is 3.15. The van der Waals surface area contributed by atoms with Gasteiger partial charge in [-0.15, -0.1) is 11.3 Å². The fourth-order valence-corrected chi connectivity index (χ4v) is 3.46. The standard InChI is InChI=1S/C23H27N3O2S/c1-16(2)26(23(27)25-19-9-5-17(3)6-10-19)13-20-15-29-22(24-20)14-28-21-11-7-18(4)8-12-21/h5-12,15-16H,13-14H2,1-4H3,(H,25,27). The van der Waals surface area contributed by atoms with Crippen LogP contribution < -0.4 is 10.1 Å². The van der Waals surface area contributed by atoms with Crippen molar-refractivity contribution in [1.82, 2.24) is 9.88 Å². The second-order valence-electron chi connectivity index (χ2n) is 7.35. The SMILES string of the molecule is Cc1ccc(NC(=O)N(Cc2csc(COc3ccc(C)cc3)n2)C(C)C)cc1. The van der Waals surface area contributed by atoms with Gasteiger partial charge in [0.15, 0.2) is 0 Å². The van der Waals surface area contributed by atoms with E-state index in [1.165, 1.54) is 5.56 Å². The fourth-order valence-electron chi connectivity index (χ4n) is 2.76. The number of nitrogens with zero attached hydrogens (tertiary/aromatic N) is 2. The third kappa shape index (κ3) is 6.06. The van der Waals surface area contributed by atoms with Gasteiger partial charge in [0.05, 0.1) is 12.2 Å². The number of hydrogen-bond acceptors (Lipinski definition) is 4. The van der Waals surface area contributed by atoms with Crippen molar-refractivity contribution in [3.63, 3.8) is 0 Å². The summed E-state index contributed by atoms with van der Waals surface area (Å²) in [5, 5.41) is 5.85. The van der Waals surface area contributed by atoms with E-state index in [4.69, 9.17) is 4.74 Å². The summed E-state index contributed by atoms with van der Waals surface area (Å²) in [4.78, 5) is 19.2. The molecule has 6 heteroatoms. The minimum atomic E-state index is -0.130. The van der Waals surface area contributed by atoms with E-state index in [9.17, 15) is 4.79 Å². The van der Waals surface area contributed by atoms with E-state index in [1.807, 2.05) is 81.6 Å². The Morgan fingerprint density at radius 3 is 2.31 bits per heavy atom. The van der Waals surface area contributed by atoms with Crippen molar-refractivity contribution in [3.8, 4) is 5.75 Å². The number of hydrogen-bond donors (Lipinski definition) is 1. The lowest BCUT2D eigenvalue weighted by Crippen LogP contribution is -2.39. The summed E-state index contributed by atoms with van der Waals surface area (Å²) < 4.78 is 5.80. The molecule has 0 aliphatic rings. The number of aromatic nitrogens is 1. The van der Waals surface area contributed by atoms with Crippen molar-refractivity contribution in [1.29, 1.82) is 0 Å². The van der Waals surface area contributed by atoms with Crippen LogP contribution in [-0.4, -0.2) is 22.0 Å². The third-order valence-electron chi connectivity index (χ3n) is 4.50. The highest BCUT2D eigenvalue weighted by molar-refractivity contribution is 7.09. The van der Waals surface area contributed by atoms with Gasteiger partial charge < -0.3 is 15.0 Å². The molecule has 0 fully saturated rings. The zero-order valence-corrected chi connectivity index (χ0v) is 18.1. The number of benzene rings is 2. The van der Waals surface area contributed by atoms with E-state index in [1.54, 1.807) is 16.2 Å². The normalized spacial score (nSPS) is 10.8. The van der Waals surface area contributed by atoms with Crippen LogP contribution >= 0.6 is 11.3 Å². The second kappa shape index (κ2) is 9.56. The molecule has 0 aliphatic carbocycles. The molecule has 5 nitrogen and oxygen atoms in total. The molecule has 0 aliphatic heterocycles. The predicted octanol–water partition coefficient (Wildman–Crippen LogP) is 5.78. The Kier molecular flexibility index (Phi) is 6.88. The lowest BCUT2D eigenvalue weighted by atomic mass is 10.2. The number of amides is 2. The van der Waals surface area contributed by atoms with Crippen molar-refractivity contribution in [2.75, 3.05) is 5.32 Å². The number of carbonyl (C=O) groups is 1. The molecule has 3 rings (SSSR count). The molecular weight excluding hydrogens is 382 g/mol. The smallest absolute Gasteiger partial charge is 0.322 e. The first-order valence-electron chi connectivity index (χ1n) is 9.68. The van der Waals surface area contributed by atoms with Crippen molar-refractivity contribution < 1.29 is 9.53 Å². The average molecular weight is 410 g/mol. The molecule has 1 heterocycles. The molecule has 2 amide bonds. The minimum Gasteiger partial charge on any atom is -0.486 e. The molecule has 1 aromatic heterocycles. The number of aryl methyl sites for hydroxylation is 2. The van der Waals surface area contributed by atoms with Crippen LogP contribution in [0.5, 0.6) is 5.75 Å². The lowest BCUT2D eigenvalue weighted by molar-refractivity contribution is 0.193.